The van der Waals surface area contributed by atoms with Crippen molar-refractivity contribution in [2.45, 2.75) is 6.04 Å². The summed E-state index contributed by atoms with van der Waals surface area (Å²) in [6.07, 6.45) is 0. The molecule has 2 nitrogen and oxygen atoms in total. The molecule has 2 rings (SSSR count). The predicted molar refractivity (Wildman–Crippen MR) is 65.0 cm³/mol. The van der Waals surface area contributed by atoms with Gasteiger partial charge in [-0.3, -0.25) is 0 Å². The van der Waals surface area contributed by atoms with E-state index in [0.717, 1.165) is 9.48 Å². The number of thiophene rings is 1. The molecule has 0 aliphatic rings. The van der Waals surface area contributed by atoms with Crippen LogP contribution in [-0.2, 0) is 0 Å². The molecule has 0 saturated carbocycles. The smallest absolute Gasteiger partial charge is 0.0851 e. The predicted octanol–water partition coefficient (Wildman–Crippen LogP) is 3.28. The average molecular weight is 289 g/mol. The fourth-order valence-corrected chi connectivity index (χ4v) is 3.41. The third-order valence-electron chi connectivity index (χ3n) is 1.91. The third-order valence-corrected chi connectivity index (χ3v) is 4.21. The first-order valence-electron chi connectivity index (χ1n) is 4.12. The molecule has 0 aromatic carbocycles. The number of rotatable bonds is 3. The van der Waals surface area contributed by atoms with Crippen LogP contribution >= 0.6 is 38.6 Å². The summed E-state index contributed by atoms with van der Waals surface area (Å²) in [5.74, 6) is 0. The van der Waals surface area contributed by atoms with Crippen LogP contribution < -0.4 is 5.32 Å². The summed E-state index contributed by atoms with van der Waals surface area (Å²) in [5.41, 5.74) is 2.95. The summed E-state index contributed by atoms with van der Waals surface area (Å²) in [4.78, 5) is 5.60. The van der Waals surface area contributed by atoms with Gasteiger partial charge >= 0.3 is 0 Å². The molecule has 2 aromatic heterocycles. The lowest BCUT2D eigenvalue weighted by Crippen LogP contribution is -2.16. The van der Waals surface area contributed by atoms with Crippen LogP contribution in [0.15, 0.2) is 26.8 Å². The van der Waals surface area contributed by atoms with E-state index in [2.05, 4.69) is 43.7 Å². The summed E-state index contributed by atoms with van der Waals surface area (Å²) in [7, 11) is 1.96. The molecule has 0 radical (unpaired) electrons. The van der Waals surface area contributed by atoms with Crippen LogP contribution in [0.3, 0.4) is 0 Å². The van der Waals surface area contributed by atoms with Gasteiger partial charge in [-0.1, -0.05) is 0 Å². The van der Waals surface area contributed by atoms with Crippen molar-refractivity contribution in [1.29, 1.82) is 0 Å². The molecule has 1 N–H and O–H groups in total. The number of nitrogens with zero attached hydrogens (tertiary/aromatic N) is 1. The summed E-state index contributed by atoms with van der Waals surface area (Å²) in [6, 6.07) is 4.41. The molecule has 0 aliphatic heterocycles. The molecular weight excluding hydrogens is 280 g/mol. The van der Waals surface area contributed by atoms with E-state index in [1.165, 1.54) is 4.88 Å². The molecule has 0 bridgehead atoms. The molecule has 1 atom stereocenters. The quantitative estimate of drug-likeness (QED) is 0.938. The molecule has 0 amide bonds. The number of nitrogens with one attached hydrogen (secondary N) is 1. The Morgan fingerprint density at radius 3 is 2.86 bits per heavy atom. The van der Waals surface area contributed by atoms with Gasteiger partial charge in [-0.05, 0) is 35.1 Å². The average Bonchev–Trinajstić information content (AvgIpc) is 2.79. The second-order valence-corrected chi connectivity index (χ2v) is 5.99. The number of hydrogen-bond acceptors (Lipinski definition) is 4. The highest BCUT2D eigenvalue weighted by Crippen LogP contribution is 2.30. The second-order valence-electron chi connectivity index (χ2n) is 2.78. The maximum Gasteiger partial charge on any atom is 0.0851 e. The molecule has 0 saturated heterocycles. The molecule has 14 heavy (non-hydrogen) atoms. The standard InChI is InChI=1S/C9H9BrN2S2/c1-11-9(6-4-13-5-12-6)7-2-3-8(10)14-7/h2-5,9,11H,1H3. The van der Waals surface area contributed by atoms with Crippen molar-refractivity contribution in [3.8, 4) is 0 Å². The number of halogens is 1. The van der Waals surface area contributed by atoms with E-state index in [1.54, 1.807) is 22.7 Å². The van der Waals surface area contributed by atoms with Crippen LogP contribution in [-0.4, -0.2) is 12.0 Å². The molecule has 5 heteroatoms. The van der Waals surface area contributed by atoms with Crippen LogP contribution in [0.1, 0.15) is 16.6 Å². The van der Waals surface area contributed by atoms with Crippen LogP contribution in [0, 0.1) is 0 Å². The van der Waals surface area contributed by atoms with E-state index in [9.17, 15) is 0 Å². The molecule has 0 fully saturated rings. The van der Waals surface area contributed by atoms with E-state index in [4.69, 9.17) is 0 Å². The van der Waals surface area contributed by atoms with Crippen molar-refractivity contribution in [2.75, 3.05) is 7.05 Å². The maximum atomic E-state index is 4.32. The zero-order valence-electron chi connectivity index (χ0n) is 7.53. The molecule has 1 unspecified atom stereocenters. The van der Waals surface area contributed by atoms with E-state index >= 15 is 0 Å². The monoisotopic (exact) mass is 288 g/mol. The third kappa shape index (κ3) is 2.06. The summed E-state index contributed by atoms with van der Waals surface area (Å²) in [6.45, 7) is 0. The van der Waals surface area contributed by atoms with Crippen molar-refractivity contribution < 1.29 is 0 Å². The summed E-state index contributed by atoms with van der Waals surface area (Å²) >= 11 is 6.83. The largest absolute Gasteiger partial charge is 0.307 e. The Balaban J connectivity index is 2.31. The van der Waals surface area contributed by atoms with Crippen LogP contribution in [0.25, 0.3) is 0 Å². The maximum absolute atomic E-state index is 4.32. The lowest BCUT2D eigenvalue weighted by Gasteiger charge is -2.10. The van der Waals surface area contributed by atoms with E-state index in [0.29, 0.717) is 0 Å². The highest BCUT2D eigenvalue weighted by atomic mass is 79.9. The van der Waals surface area contributed by atoms with E-state index < -0.39 is 0 Å². The Morgan fingerprint density at radius 1 is 1.50 bits per heavy atom. The van der Waals surface area contributed by atoms with Crippen molar-refractivity contribution >= 4 is 38.6 Å². The highest BCUT2D eigenvalue weighted by Gasteiger charge is 2.15. The van der Waals surface area contributed by atoms with Crippen LogP contribution in [0.4, 0.5) is 0 Å². The van der Waals surface area contributed by atoms with Crippen molar-refractivity contribution in [3.05, 3.63) is 37.4 Å². The Morgan fingerprint density at radius 2 is 2.36 bits per heavy atom. The Bertz CT molecular complexity index is 397. The summed E-state index contributed by atoms with van der Waals surface area (Å²) in [5, 5.41) is 5.35. The van der Waals surface area contributed by atoms with Gasteiger partial charge in [0.15, 0.2) is 0 Å². The SMILES string of the molecule is CNC(c1cscn1)c1ccc(Br)s1. The Hall–Kier alpha value is -0.230. The first kappa shape index (κ1) is 10.3. The molecule has 2 aromatic rings. The van der Waals surface area contributed by atoms with Gasteiger partial charge < -0.3 is 5.32 Å². The second kappa shape index (κ2) is 4.53. The van der Waals surface area contributed by atoms with Gasteiger partial charge in [0.05, 0.1) is 21.0 Å². The van der Waals surface area contributed by atoms with Gasteiger partial charge in [-0.25, -0.2) is 4.98 Å². The normalized spacial score (nSPS) is 13.0. The number of thiazole rings is 1. The van der Waals surface area contributed by atoms with E-state index in [-0.39, 0.29) is 6.04 Å². The zero-order valence-corrected chi connectivity index (χ0v) is 10.7. The van der Waals surface area contributed by atoms with Gasteiger partial charge in [-0.2, -0.15) is 0 Å². The minimum absolute atomic E-state index is 0.220. The lowest BCUT2D eigenvalue weighted by molar-refractivity contribution is 0.687. The van der Waals surface area contributed by atoms with Crippen molar-refractivity contribution in [3.63, 3.8) is 0 Å². The molecule has 0 spiro atoms. The molecular formula is C9H9BrN2S2. The van der Waals surface area contributed by atoms with Crippen molar-refractivity contribution in [2.24, 2.45) is 0 Å². The van der Waals surface area contributed by atoms with E-state index in [1.807, 2.05) is 12.6 Å². The lowest BCUT2D eigenvalue weighted by atomic mass is 10.2. The molecule has 74 valence electrons. The fourth-order valence-electron chi connectivity index (χ4n) is 1.28. The Kier molecular flexibility index (Phi) is 3.33. The van der Waals surface area contributed by atoms with Gasteiger partial charge in [0.2, 0.25) is 0 Å². The first-order valence-corrected chi connectivity index (χ1v) is 6.67. The first-order chi connectivity index (χ1) is 6.81. The summed E-state index contributed by atoms with van der Waals surface area (Å²) < 4.78 is 1.16. The topological polar surface area (TPSA) is 24.9 Å². The van der Waals surface area contributed by atoms with Gasteiger partial charge in [0.1, 0.15) is 0 Å². The van der Waals surface area contributed by atoms with Crippen LogP contribution in [0.5, 0.6) is 0 Å². The number of aromatic nitrogens is 1. The fraction of sp³-hybridized carbons (Fsp3) is 0.222. The number of hydrogen-bond donors (Lipinski definition) is 1. The Labute approximate surface area is 99.1 Å². The van der Waals surface area contributed by atoms with Crippen LogP contribution in [0.2, 0.25) is 0 Å². The minimum Gasteiger partial charge on any atom is -0.307 e. The minimum atomic E-state index is 0.220. The van der Waals surface area contributed by atoms with Crippen molar-refractivity contribution in [1.82, 2.24) is 10.3 Å². The van der Waals surface area contributed by atoms with Gasteiger partial charge in [-0.15, -0.1) is 22.7 Å². The van der Waals surface area contributed by atoms with Gasteiger partial charge in [0, 0.05) is 10.3 Å². The zero-order chi connectivity index (χ0) is 9.97. The van der Waals surface area contributed by atoms with Gasteiger partial charge in [0.25, 0.3) is 0 Å². The molecule has 0 aliphatic carbocycles. The molecule has 2 heterocycles. The highest BCUT2D eigenvalue weighted by molar-refractivity contribution is 9.11.